The number of aryl methyl sites for hydroxylation is 2. The summed E-state index contributed by atoms with van der Waals surface area (Å²) in [7, 11) is 0. The molecule has 0 aliphatic carbocycles. The molecule has 0 fully saturated rings. The molecule has 0 bridgehead atoms. The van der Waals surface area contributed by atoms with E-state index in [1.807, 2.05) is 42.5 Å². The SMILES string of the molecule is CCCCNC(=O)[C@@H](Cc1ccccc1)N(Cc1cccc(C)c1)C(=O)CCc1ccc(C(C)C)cc1. The van der Waals surface area contributed by atoms with Gasteiger partial charge >= 0.3 is 0 Å². The maximum absolute atomic E-state index is 13.8. The van der Waals surface area contributed by atoms with Gasteiger partial charge in [-0.25, -0.2) is 0 Å². The molecule has 0 spiro atoms. The molecule has 0 radical (unpaired) electrons. The van der Waals surface area contributed by atoms with E-state index in [9.17, 15) is 9.59 Å². The Morgan fingerprint density at radius 1 is 0.865 bits per heavy atom. The normalized spacial score (nSPS) is 11.8. The van der Waals surface area contributed by atoms with Crippen LogP contribution in [0.2, 0.25) is 0 Å². The maximum Gasteiger partial charge on any atom is 0.243 e. The molecule has 0 aromatic heterocycles. The monoisotopic (exact) mass is 498 g/mol. The summed E-state index contributed by atoms with van der Waals surface area (Å²) in [6.45, 7) is 9.55. The smallest absolute Gasteiger partial charge is 0.243 e. The maximum atomic E-state index is 13.8. The lowest BCUT2D eigenvalue weighted by molar-refractivity contribution is -0.141. The van der Waals surface area contributed by atoms with Gasteiger partial charge in [0.2, 0.25) is 11.8 Å². The fourth-order valence-electron chi connectivity index (χ4n) is 4.53. The van der Waals surface area contributed by atoms with Gasteiger partial charge < -0.3 is 10.2 Å². The van der Waals surface area contributed by atoms with Gasteiger partial charge in [0.1, 0.15) is 6.04 Å². The van der Waals surface area contributed by atoms with Crippen molar-refractivity contribution < 1.29 is 9.59 Å². The average molecular weight is 499 g/mol. The highest BCUT2D eigenvalue weighted by Crippen LogP contribution is 2.19. The first kappa shape index (κ1) is 28.2. The molecule has 1 atom stereocenters. The Morgan fingerprint density at radius 3 is 2.22 bits per heavy atom. The van der Waals surface area contributed by atoms with Crippen molar-refractivity contribution in [1.82, 2.24) is 10.2 Å². The minimum atomic E-state index is -0.574. The van der Waals surface area contributed by atoms with Crippen molar-refractivity contribution in [3.8, 4) is 0 Å². The second kappa shape index (κ2) is 14.4. The van der Waals surface area contributed by atoms with Gasteiger partial charge in [-0.15, -0.1) is 0 Å². The summed E-state index contributed by atoms with van der Waals surface area (Å²) < 4.78 is 0. The van der Waals surface area contributed by atoms with Crippen LogP contribution in [0.25, 0.3) is 0 Å². The highest BCUT2D eigenvalue weighted by atomic mass is 16.2. The van der Waals surface area contributed by atoms with Crippen LogP contribution in [0.5, 0.6) is 0 Å². The number of carbonyl (C=O) groups is 2. The molecular weight excluding hydrogens is 456 g/mol. The van der Waals surface area contributed by atoms with E-state index in [0.717, 1.165) is 35.1 Å². The van der Waals surface area contributed by atoms with Gasteiger partial charge in [-0.1, -0.05) is 112 Å². The molecule has 0 saturated carbocycles. The van der Waals surface area contributed by atoms with Gasteiger partial charge in [-0.2, -0.15) is 0 Å². The Hall–Kier alpha value is -3.40. The van der Waals surface area contributed by atoms with Crippen LogP contribution in [0, 0.1) is 6.92 Å². The predicted octanol–water partition coefficient (Wildman–Crippen LogP) is 6.61. The molecule has 3 aromatic carbocycles. The number of nitrogens with one attached hydrogen (secondary N) is 1. The lowest BCUT2D eigenvalue weighted by atomic mass is 9.99. The van der Waals surface area contributed by atoms with Gasteiger partial charge in [0, 0.05) is 25.9 Å². The first-order valence-corrected chi connectivity index (χ1v) is 13.6. The molecule has 2 amide bonds. The van der Waals surface area contributed by atoms with Gasteiger partial charge in [0.15, 0.2) is 0 Å². The zero-order chi connectivity index (χ0) is 26.6. The van der Waals surface area contributed by atoms with Crippen LogP contribution in [0.1, 0.15) is 73.8 Å². The highest BCUT2D eigenvalue weighted by molar-refractivity contribution is 5.88. The van der Waals surface area contributed by atoms with E-state index in [1.54, 1.807) is 4.90 Å². The molecular formula is C33H42N2O2. The molecule has 0 aliphatic rings. The summed E-state index contributed by atoms with van der Waals surface area (Å²) in [5.41, 5.74) is 5.66. The van der Waals surface area contributed by atoms with E-state index in [2.05, 4.69) is 69.4 Å². The van der Waals surface area contributed by atoms with E-state index in [0.29, 0.717) is 38.3 Å². The summed E-state index contributed by atoms with van der Waals surface area (Å²) in [6.07, 6.45) is 3.42. The Labute approximate surface area is 223 Å². The highest BCUT2D eigenvalue weighted by Gasteiger charge is 2.30. The summed E-state index contributed by atoms with van der Waals surface area (Å²) >= 11 is 0. The fourth-order valence-corrected chi connectivity index (χ4v) is 4.53. The summed E-state index contributed by atoms with van der Waals surface area (Å²) in [5.74, 6) is 0.395. The Morgan fingerprint density at radius 2 is 1.57 bits per heavy atom. The third-order valence-corrected chi connectivity index (χ3v) is 6.81. The first-order valence-electron chi connectivity index (χ1n) is 13.6. The van der Waals surface area contributed by atoms with E-state index in [-0.39, 0.29) is 11.8 Å². The van der Waals surface area contributed by atoms with E-state index in [4.69, 9.17) is 0 Å². The van der Waals surface area contributed by atoms with Crippen molar-refractivity contribution >= 4 is 11.8 Å². The van der Waals surface area contributed by atoms with Gasteiger partial charge in [0.05, 0.1) is 0 Å². The third kappa shape index (κ3) is 8.89. The topological polar surface area (TPSA) is 49.4 Å². The van der Waals surface area contributed by atoms with Crippen molar-refractivity contribution in [1.29, 1.82) is 0 Å². The van der Waals surface area contributed by atoms with E-state index >= 15 is 0 Å². The van der Waals surface area contributed by atoms with Crippen molar-refractivity contribution in [2.45, 2.75) is 78.3 Å². The standard InChI is InChI=1S/C33H42N2O2/c1-5-6-21-34-33(37)31(23-28-12-8-7-9-13-28)35(24-29-14-10-11-26(4)22-29)32(36)20-17-27-15-18-30(19-16-27)25(2)3/h7-16,18-19,22,25,31H,5-6,17,20-21,23-24H2,1-4H3,(H,34,37)/t31-/m1/s1. The van der Waals surface area contributed by atoms with Crippen LogP contribution >= 0.6 is 0 Å². The minimum Gasteiger partial charge on any atom is -0.354 e. The number of unbranched alkanes of at least 4 members (excludes halogenated alkanes) is 1. The number of rotatable bonds is 13. The van der Waals surface area contributed by atoms with E-state index < -0.39 is 6.04 Å². The lowest BCUT2D eigenvalue weighted by Gasteiger charge is -2.32. The van der Waals surface area contributed by atoms with Crippen molar-refractivity contribution in [2.75, 3.05) is 6.54 Å². The predicted molar refractivity (Wildman–Crippen MR) is 152 cm³/mol. The minimum absolute atomic E-state index is 0.000940. The Bertz CT molecular complexity index is 1120. The molecule has 3 aromatic rings. The molecule has 3 rings (SSSR count). The summed E-state index contributed by atoms with van der Waals surface area (Å²) in [6, 6.07) is 26.1. The van der Waals surface area contributed by atoms with Crippen LogP contribution in [-0.4, -0.2) is 29.3 Å². The quantitative estimate of drug-likeness (QED) is 0.270. The average Bonchev–Trinajstić information content (AvgIpc) is 2.90. The van der Waals surface area contributed by atoms with Crippen LogP contribution in [-0.2, 0) is 29.0 Å². The van der Waals surface area contributed by atoms with Crippen molar-refractivity contribution in [3.05, 3.63) is 107 Å². The number of amides is 2. The zero-order valence-corrected chi connectivity index (χ0v) is 22.9. The number of hydrogen-bond donors (Lipinski definition) is 1. The van der Waals surface area contributed by atoms with Gasteiger partial charge in [0.25, 0.3) is 0 Å². The van der Waals surface area contributed by atoms with Gasteiger partial charge in [-0.3, -0.25) is 9.59 Å². The van der Waals surface area contributed by atoms with Crippen LogP contribution in [0.4, 0.5) is 0 Å². The molecule has 196 valence electrons. The molecule has 37 heavy (non-hydrogen) atoms. The molecule has 0 saturated heterocycles. The molecule has 0 aliphatic heterocycles. The number of hydrogen-bond acceptors (Lipinski definition) is 2. The number of carbonyl (C=O) groups excluding carboxylic acids is 2. The molecule has 1 N–H and O–H groups in total. The van der Waals surface area contributed by atoms with E-state index in [1.165, 1.54) is 5.56 Å². The van der Waals surface area contributed by atoms with Crippen LogP contribution in [0.3, 0.4) is 0 Å². The lowest BCUT2D eigenvalue weighted by Crippen LogP contribution is -2.50. The second-order valence-corrected chi connectivity index (χ2v) is 10.3. The largest absolute Gasteiger partial charge is 0.354 e. The first-order chi connectivity index (χ1) is 17.9. The molecule has 4 heteroatoms. The number of benzene rings is 3. The summed E-state index contributed by atoms with van der Waals surface area (Å²) in [4.78, 5) is 29.1. The summed E-state index contributed by atoms with van der Waals surface area (Å²) in [5, 5.41) is 3.09. The van der Waals surface area contributed by atoms with Crippen molar-refractivity contribution in [2.24, 2.45) is 0 Å². The second-order valence-electron chi connectivity index (χ2n) is 10.3. The fraction of sp³-hybridized carbons (Fsp3) is 0.394. The molecule has 4 nitrogen and oxygen atoms in total. The Kier molecular flexibility index (Phi) is 10.9. The zero-order valence-electron chi connectivity index (χ0n) is 22.9. The van der Waals surface area contributed by atoms with Gasteiger partial charge in [-0.05, 0) is 47.9 Å². The third-order valence-electron chi connectivity index (χ3n) is 6.81. The van der Waals surface area contributed by atoms with Crippen LogP contribution in [0.15, 0.2) is 78.9 Å². The Balaban J connectivity index is 1.86. The molecule has 0 heterocycles. The van der Waals surface area contributed by atoms with Crippen molar-refractivity contribution in [3.63, 3.8) is 0 Å². The molecule has 0 unspecified atom stereocenters. The van der Waals surface area contributed by atoms with Crippen LogP contribution < -0.4 is 5.32 Å². The number of nitrogens with zero attached hydrogens (tertiary/aromatic N) is 1.